The number of fused-ring (bicyclic) bond motifs is 1. The molecule has 6 nitrogen and oxygen atoms in total. The molecule has 20 heavy (non-hydrogen) atoms. The first-order chi connectivity index (χ1) is 9.65. The van der Waals surface area contributed by atoms with Gasteiger partial charge in [0.1, 0.15) is 5.82 Å². The zero-order chi connectivity index (χ0) is 14.1. The molecule has 0 bridgehead atoms. The van der Waals surface area contributed by atoms with Gasteiger partial charge in [0.25, 0.3) is 0 Å². The summed E-state index contributed by atoms with van der Waals surface area (Å²) < 4.78 is 0. The Morgan fingerprint density at radius 1 is 1.20 bits per heavy atom. The molecule has 7 heteroatoms. The smallest absolute Gasteiger partial charge is 0.307 e. The van der Waals surface area contributed by atoms with Crippen molar-refractivity contribution in [3.05, 3.63) is 33.5 Å². The summed E-state index contributed by atoms with van der Waals surface area (Å²) in [7, 11) is 0. The van der Waals surface area contributed by atoms with E-state index in [4.69, 9.17) is 11.6 Å². The summed E-state index contributed by atoms with van der Waals surface area (Å²) in [6.45, 7) is 1.97. The van der Waals surface area contributed by atoms with Crippen LogP contribution in [0.15, 0.2) is 18.2 Å². The zero-order valence-corrected chi connectivity index (χ0v) is 11.5. The van der Waals surface area contributed by atoms with Gasteiger partial charge in [-0.3, -0.25) is 10.1 Å². The van der Waals surface area contributed by atoms with Gasteiger partial charge in [-0.25, -0.2) is 9.97 Å². The number of pyridine rings is 2. The number of hydrogen-bond donors (Lipinski definition) is 0. The van der Waals surface area contributed by atoms with E-state index in [2.05, 4.69) is 14.9 Å². The van der Waals surface area contributed by atoms with E-state index >= 15 is 0 Å². The van der Waals surface area contributed by atoms with Crippen LogP contribution in [0.4, 0.5) is 11.5 Å². The number of nitrogens with zero attached hydrogens (tertiary/aromatic N) is 4. The number of rotatable bonds is 2. The lowest BCUT2D eigenvalue weighted by Gasteiger charge is -2.27. The summed E-state index contributed by atoms with van der Waals surface area (Å²) in [5.74, 6) is 0.856. The maximum absolute atomic E-state index is 10.8. The maximum Gasteiger partial charge on any atom is 0.307 e. The van der Waals surface area contributed by atoms with Gasteiger partial charge >= 0.3 is 5.69 Å². The molecule has 2 aromatic heterocycles. The van der Waals surface area contributed by atoms with Gasteiger partial charge < -0.3 is 4.90 Å². The van der Waals surface area contributed by atoms with Crippen molar-refractivity contribution in [3.8, 4) is 0 Å². The molecule has 1 aliphatic rings. The first-order valence-electron chi connectivity index (χ1n) is 6.52. The summed E-state index contributed by atoms with van der Waals surface area (Å²) in [6, 6.07) is 5.10. The number of halogens is 1. The van der Waals surface area contributed by atoms with E-state index < -0.39 is 4.92 Å². The summed E-state index contributed by atoms with van der Waals surface area (Å²) in [5.41, 5.74) is 0.260. The third-order valence-corrected chi connectivity index (χ3v) is 3.75. The van der Waals surface area contributed by atoms with Crippen molar-refractivity contribution in [1.82, 2.24) is 9.97 Å². The molecule has 0 unspecified atom stereocenters. The molecule has 104 valence electrons. The number of aromatic nitrogens is 2. The van der Waals surface area contributed by atoms with Crippen LogP contribution < -0.4 is 4.90 Å². The normalized spacial score (nSPS) is 15.6. The van der Waals surface area contributed by atoms with Crippen molar-refractivity contribution in [2.45, 2.75) is 19.3 Å². The molecule has 0 N–H and O–H groups in total. The van der Waals surface area contributed by atoms with Gasteiger partial charge in [0, 0.05) is 24.5 Å². The van der Waals surface area contributed by atoms with Crippen LogP contribution >= 0.6 is 11.6 Å². The molecule has 1 aliphatic heterocycles. The first-order valence-corrected chi connectivity index (χ1v) is 6.89. The van der Waals surface area contributed by atoms with E-state index in [1.54, 1.807) is 0 Å². The quantitative estimate of drug-likeness (QED) is 0.483. The maximum atomic E-state index is 10.8. The molecule has 0 amide bonds. The van der Waals surface area contributed by atoms with Crippen LogP contribution in [0.1, 0.15) is 19.3 Å². The average Bonchev–Trinajstić information content (AvgIpc) is 2.46. The Morgan fingerprint density at radius 3 is 2.65 bits per heavy atom. The van der Waals surface area contributed by atoms with Gasteiger partial charge in [0.2, 0.25) is 5.15 Å². The second-order valence-electron chi connectivity index (χ2n) is 4.82. The lowest BCUT2D eigenvalue weighted by atomic mass is 10.1. The lowest BCUT2D eigenvalue weighted by molar-refractivity contribution is -0.384. The fourth-order valence-corrected chi connectivity index (χ4v) is 2.64. The summed E-state index contributed by atoms with van der Waals surface area (Å²) in [5, 5.41) is 11.3. The van der Waals surface area contributed by atoms with E-state index in [0.29, 0.717) is 11.0 Å². The Labute approximate surface area is 120 Å². The standard InChI is InChI=1S/C13H13ClN4O2/c14-12-10(18(19)20)8-9-4-5-11(15-13(9)16-12)17-6-2-1-3-7-17/h4-5,8H,1-3,6-7H2. The van der Waals surface area contributed by atoms with Crippen LogP contribution in [0, 0.1) is 10.1 Å². The molecule has 0 aromatic carbocycles. The Bertz CT molecular complexity index is 671. The van der Waals surface area contributed by atoms with Crippen molar-refractivity contribution >= 4 is 34.1 Å². The number of nitro groups is 1. The molecule has 0 atom stereocenters. The molecule has 0 radical (unpaired) electrons. The highest BCUT2D eigenvalue weighted by Gasteiger charge is 2.17. The largest absolute Gasteiger partial charge is 0.357 e. The third-order valence-electron chi connectivity index (χ3n) is 3.48. The fraction of sp³-hybridized carbons (Fsp3) is 0.385. The average molecular weight is 293 g/mol. The first kappa shape index (κ1) is 13.1. The Morgan fingerprint density at radius 2 is 1.95 bits per heavy atom. The van der Waals surface area contributed by atoms with E-state index in [0.717, 1.165) is 31.7 Å². The Hall–Kier alpha value is -1.95. The van der Waals surface area contributed by atoms with E-state index in [-0.39, 0.29) is 10.8 Å². The van der Waals surface area contributed by atoms with Gasteiger partial charge in [-0.05, 0) is 31.4 Å². The topological polar surface area (TPSA) is 72.2 Å². The summed E-state index contributed by atoms with van der Waals surface area (Å²) in [4.78, 5) is 21.0. The highest BCUT2D eigenvalue weighted by atomic mass is 35.5. The van der Waals surface area contributed by atoms with Crippen LogP contribution in [-0.2, 0) is 0 Å². The number of piperidine rings is 1. The van der Waals surface area contributed by atoms with Crippen LogP contribution in [-0.4, -0.2) is 28.0 Å². The van der Waals surface area contributed by atoms with E-state index in [1.165, 1.54) is 12.5 Å². The minimum Gasteiger partial charge on any atom is -0.357 e. The predicted molar refractivity (Wildman–Crippen MR) is 77.3 cm³/mol. The van der Waals surface area contributed by atoms with Gasteiger partial charge in [0.15, 0.2) is 5.65 Å². The van der Waals surface area contributed by atoms with E-state index in [1.807, 2.05) is 12.1 Å². The monoisotopic (exact) mass is 292 g/mol. The molecule has 1 saturated heterocycles. The van der Waals surface area contributed by atoms with Crippen molar-refractivity contribution in [1.29, 1.82) is 0 Å². The Balaban J connectivity index is 2.03. The van der Waals surface area contributed by atoms with Crippen LogP contribution in [0.5, 0.6) is 0 Å². The van der Waals surface area contributed by atoms with Gasteiger partial charge in [0.05, 0.1) is 4.92 Å². The van der Waals surface area contributed by atoms with Gasteiger partial charge in [-0.2, -0.15) is 0 Å². The molecule has 0 spiro atoms. The number of hydrogen-bond acceptors (Lipinski definition) is 5. The zero-order valence-electron chi connectivity index (χ0n) is 10.8. The fourth-order valence-electron chi connectivity index (χ4n) is 2.44. The van der Waals surface area contributed by atoms with Crippen LogP contribution in [0.3, 0.4) is 0 Å². The molecule has 3 rings (SSSR count). The highest BCUT2D eigenvalue weighted by molar-refractivity contribution is 6.31. The molecule has 2 aromatic rings. The Kier molecular flexibility index (Phi) is 3.40. The molecule has 3 heterocycles. The molecule has 1 fully saturated rings. The lowest BCUT2D eigenvalue weighted by Crippen LogP contribution is -2.30. The highest BCUT2D eigenvalue weighted by Crippen LogP contribution is 2.27. The second kappa shape index (κ2) is 5.20. The van der Waals surface area contributed by atoms with Crippen LogP contribution in [0.2, 0.25) is 5.15 Å². The summed E-state index contributed by atoms with van der Waals surface area (Å²) in [6.07, 6.45) is 3.57. The molecule has 0 aliphatic carbocycles. The van der Waals surface area contributed by atoms with Gasteiger partial charge in [-0.15, -0.1) is 0 Å². The van der Waals surface area contributed by atoms with E-state index in [9.17, 15) is 10.1 Å². The minimum absolute atomic E-state index is 0.120. The molecular formula is C13H13ClN4O2. The second-order valence-corrected chi connectivity index (χ2v) is 5.18. The minimum atomic E-state index is -0.534. The third kappa shape index (κ3) is 2.38. The summed E-state index contributed by atoms with van der Waals surface area (Å²) >= 11 is 5.83. The van der Waals surface area contributed by atoms with Crippen molar-refractivity contribution in [2.24, 2.45) is 0 Å². The SMILES string of the molecule is O=[N+]([O-])c1cc2ccc(N3CCCCC3)nc2nc1Cl. The molecule has 0 saturated carbocycles. The molecular weight excluding hydrogens is 280 g/mol. The van der Waals surface area contributed by atoms with Gasteiger partial charge in [-0.1, -0.05) is 11.6 Å². The van der Waals surface area contributed by atoms with Crippen molar-refractivity contribution < 1.29 is 4.92 Å². The number of anilines is 1. The predicted octanol–water partition coefficient (Wildman–Crippen LogP) is 3.18. The van der Waals surface area contributed by atoms with Crippen molar-refractivity contribution in [2.75, 3.05) is 18.0 Å². The van der Waals surface area contributed by atoms with Crippen molar-refractivity contribution in [3.63, 3.8) is 0 Å². The van der Waals surface area contributed by atoms with Crippen LogP contribution in [0.25, 0.3) is 11.0 Å².